The maximum absolute atomic E-state index is 13.2. The fourth-order valence-electron chi connectivity index (χ4n) is 4.11. The van der Waals surface area contributed by atoms with E-state index in [2.05, 4.69) is 15.1 Å². The summed E-state index contributed by atoms with van der Waals surface area (Å²) in [6.45, 7) is 3.93. The molecule has 0 amide bonds. The summed E-state index contributed by atoms with van der Waals surface area (Å²) < 4.78 is 33.9. The van der Waals surface area contributed by atoms with Crippen molar-refractivity contribution in [3.63, 3.8) is 0 Å². The Balaban J connectivity index is 1.27. The molecule has 0 unspecified atom stereocenters. The van der Waals surface area contributed by atoms with Gasteiger partial charge < -0.3 is 4.42 Å². The van der Waals surface area contributed by atoms with Crippen LogP contribution in [0.1, 0.15) is 18.9 Å². The largest absolute Gasteiger partial charge is 0.419 e. The number of fused-ring (bicyclic) bond motifs is 1. The molecule has 5 rings (SSSR count). The van der Waals surface area contributed by atoms with E-state index in [4.69, 9.17) is 16.0 Å². The molecule has 7 nitrogen and oxygen atoms in total. The molecular formula is C24H23ClN4O3S. The molecule has 9 heteroatoms. The summed E-state index contributed by atoms with van der Waals surface area (Å²) in [4.78, 5) is 2.48. The molecule has 1 saturated heterocycles. The molecule has 1 fully saturated rings. The molecule has 0 N–H and O–H groups in total. The monoisotopic (exact) mass is 482 g/mol. The van der Waals surface area contributed by atoms with Crippen LogP contribution in [0.3, 0.4) is 0 Å². The third-order valence-corrected chi connectivity index (χ3v) is 8.18. The Morgan fingerprint density at radius 2 is 1.67 bits per heavy atom. The van der Waals surface area contributed by atoms with Crippen LogP contribution >= 0.6 is 11.6 Å². The number of piperazine rings is 1. The van der Waals surface area contributed by atoms with Crippen LogP contribution in [0.4, 0.5) is 0 Å². The Kier molecular flexibility index (Phi) is 5.92. The Morgan fingerprint density at radius 3 is 2.42 bits per heavy atom. The Bertz CT molecular complexity index is 1400. The minimum absolute atomic E-state index is 0.129. The number of nitrogens with zero attached hydrogens (tertiary/aromatic N) is 4. The molecule has 1 atom stereocenters. The lowest BCUT2D eigenvalue weighted by molar-refractivity contribution is 0.129. The molecule has 0 radical (unpaired) electrons. The first kappa shape index (κ1) is 22.0. The number of hydrogen-bond acceptors (Lipinski definition) is 6. The summed E-state index contributed by atoms with van der Waals surface area (Å²) in [5.74, 6) is 0.910. The topological polar surface area (TPSA) is 79.5 Å². The van der Waals surface area contributed by atoms with Crippen molar-refractivity contribution in [2.24, 2.45) is 0 Å². The van der Waals surface area contributed by atoms with E-state index in [0.29, 0.717) is 47.9 Å². The SMILES string of the molecule is C[C@H](c1nnc(-c2cccc(Cl)c2)o1)N1CCN(S(=O)(=O)c2ccc3ccccc3c2)CC1. The summed E-state index contributed by atoms with van der Waals surface area (Å²) in [6.07, 6.45) is 0. The predicted octanol–water partition coefficient (Wildman–Crippen LogP) is 4.61. The molecule has 0 saturated carbocycles. The molecular weight excluding hydrogens is 460 g/mol. The van der Waals surface area contributed by atoms with Crippen LogP contribution in [0.15, 0.2) is 76.0 Å². The first-order valence-corrected chi connectivity index (χ1v) is 12.6. The Labute approximate surface area is 197 Å². The highest BCUT2D eigenvalue weighted by molar-refractivity contribution is 7.89. The minimum Gasteiger partial charge on any atom is -0.419 e. The summed E-state index contributed by atoms with van der Waals surface area (Å²) >= 11 is 6.06. The second-order valence-corrected chi connectivity index (χ2v) is 10.5. The maximum Gasteiger partial charge on any atom is 0.247 e. The van der Waals surface area contributed by atoms with E-state index in [-0.39, 0.29) is 6.04 Å². The van der Waals surface area contributed by atoms with Crippen LogP contribution in [0.25, 0.3) is 22.2 Å². The van der Waals surface area contributed by atoms with Crippen molar-refractivity contribution in [2.75, 3.05) is 26.2 Å². The molecule has 33 heavy (non-hydrogen) atoms. The highest BCUT2D eigenvalue weighted by Gasteiger charge is 2.32. The van der Waals surface area contributed by atoms with Crippen LogP contribution in [0, 0.1) is 0 Å². The van der Waals surface area contributed by atoms with Crippen molar-refractivity contribution in [2.45, 2.75) is 17.9 Å². The summed E-state index contributed by atoms with van der Waals surface area (Å²) in [5.41, 5.74) is 0.764. The minimum atomic E-state index is -3.56. The lowest BCUT2D eigenvalue weighted by Gasteiger charge is -2.36. The van der Waals surface area contributed by atoms with Crippen molar-refractivity contribution in [3.8, 4) is 11.5 Å². The molecule has 170 valence electrons. The number of halogens is 1. The van der Waals surface area contributed by atoms with E-state index >= 15 is 0 Å². The summed E-state index contributed by atoms with van der Waals surface area (Å²) in [5, 5.41) is 10.9. The number of hydrogen-bond donors (Lipinski definition) is 0. The van der Waals surface area contributed by atoms with E-state index < -0.39 is 10.0 Å². The lowest BCUT2D eigenvalue weighted by Crippen LogP contribution is -2.49. The Morgan fingerprint density at radius 1 is 0.909 bits per heavy atom. The zero-order chi connectivity index (χ0) is 23.0. The van der Waals surface area contributed by atoms with Gasteiger partial charge in [0.05, 0.1) is 10.9 Å². The fourth-order valence-corrected chi connectivity index (χ4v) is 5.75. The molecule has 1 aliphatic rings. The smallest absolute Gasteiger partial charge is 0.247 e. The van der Waals surface area contributed by atoms with Gasteiger partial charge in [-0.15, -0.1) is 10.2 Å². The molecule has 1 aliphatic heterocycles. The molecule has 4 aromatic rings. The van der Waals surface area contributed by atoms with Crippen LogP contribution < -0.4 is 0 Å². The van der Waals surface area contributed by atoms with Gasteiger partial charge in [-0.25, -0.2) is 8.42 Å². The van der Waals surface area contributed by atoms with Gasteiger partial charge in [-0.3, -0.25) is 4.90 Å². The fraction of sp³-hybridized carbons (Fsp3) is 0.250. The third-order valence-electron chi connectivity index (χ3n) is 6.05. The standard InChI is InChI=1S/C24H23ClN4O3S/c1-17(23-26-27-24(32-23)20-7-4-8-21(25)15-20)28-11-13-29(14-12-28)33(30,31)22-10-9-18-5-2-3-6-19(18)16-22/h2-10,15-17H,11-14H2,1H3/t17-/m1/s1. The van der Waals surface area contributed by atoms with Crippen molar-refractivity contribution in [1.82, 2.24) is 19.4 Å². The van der Waals surface area contributed by atoms with Gasteiger partial charge in [0.1, 0.15) is 0 Å². The summed E-state index contributed by atoms with van der Waals surface area (Å²) in [6, 6.07) is 20.2. The maximum atomic E-state index is 13.2. The van der Waals surface area contributed by atoms with Crippen molar-refractivity contribution in [1.29, 1.82) is 0 Å². The zero-order valence-electron chi connectivity index (χ0n) is 18.1. The molecule has 1 aromatic heterocycles. The van der Waals surface area contributed by atoms with E-state index in [1.54, 1.807) is 28.6 Å². The predicted molar refractivity (Wildman–Crippen MR) is 127 cm³/mol. The molecule has 3 aromatic carbocycles. The number of benzene rings is 3. The first-order chi connectivity index (χ1) is 15.9. The van der Waals surface area contributed by atoms with E-state index in [0.717, 1.165) is 16.3 Å². The first-order valence-electron chi connectivity index (χ1n) is 10.7. The van der Waals surface area contributed by atoms with Gasteiger partial charge in [0.2, 0.25) is 21.8 Å². The van der Waals surface area contributed by atoms with Crippen LogP contribution in [0.2, 0.25) is 5.02 Å². The highest BCUT2D eigenvalue weighted by atomic mass is 35.5. The van der Waals surface area contributed by atoms with Crippen molar-refractivity contribution < 1.29 is 12.8 Å². The second-order valence-electron chi connectivity index (χ2n) is 8.08. The van der Waals surface area contributed by atoms with E-state index in [1.807, 2.05) is 49.4 Å². The van der Waals surface area contributed by atoms with Crippen LogP contribution in [0.5, 0.6) is 0 Å². The van der Waals surface area contributed by atoms with Gasteiger partial charge in [0.25, 0.3) is 0 Å². The lowest BCUT2D eigenvalue weighted by atomic mass is 10.1. The van der Waals surface area contributed by atoms with Gasteiger partial charge in [-0.05, 0) is 48.0 Å². The Hall–Kier alpha value is -2.78. The summed E-state index contributed by atoms with van der Waals surface area (Å²) in [7, 11) is -3.56. The number of rotatable bonds is 5. The van der Waals surface area contributed by atoms with Gasteiger partial charge in [-0.1, -0.05) is 48.0 Å². The normalized spacial score (nSPS) is 16.8. The molecule has 0 bridgehead atoms. The highest BCUT2D eigenvalue weighted by Crippen LogP contribution is 2.28. The number of aromatic nitrogens is 2. The third kappa shape index (κ3) is 4.39. The van der Waals surface area contributed by atoms with Gasteiger partial charge >= 0.3 is 0 Å². The average Bonchev–Trinajstić information content (AvgIpc) is 3.34. The van der Waals surface area contributed by atoms with Crippen molar-refractivity contribution in [3.05, 3.63) is 77.6 Å². The van der Waals surface area contributed by atoms with Gasteiger partial charge in [0, 0.05) is 36.8 Å². The zero-order valence-corrected chi connectivity index (χ0v) is 19.6. The average molecular weight is 483 g/mol. The van der Waals surface area contributed by atoms with Crippen molar-refractivity contribution >= 4 is 32.4 Å². The van der Waals surface area contributed by atoms with Crippen LogP contribution in [-0.2, 0) is 10.0 Å². The van der Waals surface area contributed by atoms with E-state index in [1.165, 1.54) is 0 Å². The molecule has 0 aliphatic carbocycles. The second kappa shape index (κ2) is 8.87. The van der Waals surface area contributed by atoms with Crippen LogP contribution in [-0.4, -0.2) is 54.0 Å². The molecule has 0 spiro atoms. The molecule has 2 heterocycles. The van der Waals surface area contributed by atoms with E-state index in [9.17, 15) is 8.42 Å². The van der Waals surface area contributed by atoms with Gasteiger partial charge in [0.15, 0.2) is 0 Å². The number of sulfonamides is 1. The van der Waals surface area contributed by atoms with Gasteiger partial charge in [-0.2, -0.15) is 4.31 Å². The quantitative estimate of drug-likeness (QED) is 0.413.